The van der Waals surface area contributed by atoms with E-state index in [0.29, 0.717) is 32.0 Å². The zero-order chi connectivity index (χ0) is 21.6. The summed E-state index contributed by atoms with van der Waals surface area (Å²) >= 11 is 0. The van der Waals surface area contributed by atoms with E-state index in [9.17, 15) is 26.3 Å². The number of allylic oxidation sites excluding steroid dienone is 1. The van der Waals surface area contributed by atoms with Crippen molar-refractivity contribution < 1.29 is 26.3 Å². The average Bonchev–Trinajstić information content (AvgIpc) is 3.09. The van der Waals surface area contributed by atoms with Gasteiger partial charge in [-0.25, -0.2) is 13.2 Å². The molecule has 1 aliphatic heterocycles. The molecule has 162 valence electrons. The molecule has 0 unspecified atom stereocenters. The number of aromatic nitrogens is 3. The van der Waals surface area contributed by atoms with Gasteiger partial charge in [0.2, 0.25) is 5.82 Å². The van der Waals surface area contributed by atoms with Crippen molar-refractivity contribution in [3.05, 3.63) is 58.4 Å². The van der Waals surface area contributed by atoms with E-state index in [1.807, 2.05) is 11.0 Å². The maximum Gasteiger partial charge on any atom is 0.451 e. The molecule has 1 aliphatic carbocycles. The minimum absolute atomic E-state index is 0.0439. The first-order chi connectivity index (χ1) is 14.1. The largest absolute Gasteiger partial charge is 0.451 e. The quantitative estimate of drug-likeness (QED) is 0.460. The van der Waals surface area contributed by atoms with E-state index >= 15 is 0 Å². The summed E-state index contributed by atoms with van der Waals surface area (Å²) in [6, 6.07) is 0.883. The summed E-state index contributed by atoms with van der Waals surface area (Å²) in [5.41, 5.74) is 7.21. The molecule has 5 nitrogen and oxygen atoms in total. The Labute approximate surface area is 168 Å². The van der Waals surface area contributed by atoms with Crippen LogP contribution in [0.4, 0.5) is 26.3 Å². The Morgan fingerprint density at radius 2 is 1.77 bits per heavy atom. The molecule has 4 rings (SSSR count). The van der Waals surface area contributed by atoms with E-state index in [4.69, 9.17) is 5.73 Å². The average molecular weight is 431 g/mol. The van der Waals surface area contributed by atoms with Crippen LogP contribution in [-0.4, -0.2) is 38.8 Å². The summed E-state index contributed by atoms with van der Waals surface area (Å²) in [4.78, 5) is 1.95. The number of nitrogens with zero attached hydrogens (tertiary/aromatic N) is 4. The number of hydrogen-bond acceptors (Lipinski definition) is 4. The molecule has 30 heavy (non-hydrogen) atoms. The lowest BCUT2D eigenvalue weighted by Gasteiger charge is -2.33. The third-order valence-electron chi connectivity index (χ3n) is 5.63. The Morgan fingerprint density at radius 3 is 2.47 bits per heavy atom. The highest BCUT2D eigenvalue weighted by atomic mass is 19.4. The number of benzene rings is 1. The summed E-state index contributed by atoms with van der Waals surface area (Å²) in [6.45, 7) is 1.22. The molecule has 2 aliphatic rings. The SMILES string of the molecule is N[C@@H]1CC(CN2CCn3c(nnc3C(F)(F)F)C2)=CC[C@H]1c1cc(F)c(F)cc1F. The molecule has 0 fully saturated rings. The van der Waals surface area contributed by atoms with E-state index in [2.05, 4.69) is 10.2 Å². The van der Waals surface area contributed by atoms with E-state index in [1.54, 1.807) is 0 Å². The predicted octanol–water partition coefficient (Wildman–Crippen LogP) is 3.36. The van der Waals surface area contributed by atoms with Crippen molar-refractivity contribution in [1.29, 1.82) is 0 Å². The minimum Gasteiger partial charge on any atom is -0.327 e. The van der Waals surface area contributed by atoms with Gasteiger partial charge in [0, 0.05) is 37.7 Å². The minimum atomic E-state index is -4.55. The molecule has 0 amide bonds. The highest BCUT2D eigenvalue weighted by Gasteiger charge is 2.39. The van der Waals surface area contributed by atoms with Crippen molar-refractivity contribution in [2.45, 2.75) is 44.1 Å². The van der Waals surface area contributed by atoms with Crippen molar-refractivity contribution in [2.75, 3.05) is 13.1 Å². The van der Waals surface area contributed by atoms with Gasteiger partial charge in [0.25, 0.3) is 0 Å². The summed E-state index contributed by atoms with van der Waals surface area (Å²) < 4.78 is 80.7. The summed E-state index contributed by atoms with van der Waals surface area (Å²) in [5.74, 6) is -4.43. The second-order valence-electron chi connectivity index (χ2n) is 7.66. The van der Waals surface area contributed by atoms with Gasteiger partial charge in [0.15, 0.2) is 11.6 Å². The molecule has 2 N–H and O–H groups in total. The first-order valence-electron chi connectivity index (χ1n) is 9.43. The Bertz CT molecular complexity index is 983. The van der Waals surface area contributed by atoms with Gasteiger partial charge in [-0.1, -0.05) is 11.6 Å². The first kappa shape index (κ1) is 20.9. The zero-order valence-electron chi connectivity index (χ0n) is 15.8. The highest BCUT2D eigenvalue weighted by molar-refractivity contribution is 5.29. The molecule has 0 saturated carbocycles. The van der Waals surface area contributed by atoms with Crippen LogP contribution in [0.5, 0.6) is 0 Å². The fourth-order valence-electron chi connectivity index (χ4n) is 4.15. The van der Waals surface area contributed by atoms with Crippen LogP contribution < -0.4 is 5.73 Å². The summed E-state index contributed by atoms with van der Waals surface area (Å²) in [5, 5.41) is 6.92. The first-order valence-corrected chi connectivity index (χ1v) is 9.43. The monoisotopic (exact) mass is 431 g/mol. The second-order valence-corrected chi connectivity index (χ2v) is 7.66. The number of nitrogens with two attached hydrogens (primary N) is 1. The van der Waals surface area contributed by atoms with Crippen LogP contribution in [0.1, 0.15) is 36.0 Å². The zero-order valence-corrected chi connectivity index (χ0v) is 15.8. The van der Waals surface area contributed by atoms with Crippen molar-refractivity contribution in [2.24, 2.45) is 5.73 Å². The third kappa shape index (κ3) is 3.95. The van der Waals surface area contributed by atoms with Gasteiger partial charge in [-0.05, 0) is 24.5 Å². The van der Waals surface area contributed by atoms with E-state index in [0.717, 1.165) is 16.2 Å². The molecule has 0 spiro atoms. The Kier molecular flexibility index (Phi) is 5.35. The Morgan fingerprint density at radius 1 is 1.03 bits per heavy atom. The van der Waals surface area contributed by atoms with Crippen LogP contribution in [0.2, 0.25) is 0 Å². The third-order valence-corrected chi connectivity index (χ3v) is 5.63. The maximum atomic E-state index is 14.1. The highest BCUT2D eigenvalue weighted by Crippen LogP contribution is 2.35. The summed E-state index contributed by atoms with van der Waals surface area (Å²) in [7, 11) is 0. The van der Waals surface area contributed by atoms with Crippen LogP contribution in [0.3, 0.4) is 0 Å². The van der Waals surface area contributed by atoms with Crippen LogP contribution in [-0.2, 0) is 19.3 Å². The molecular weight excluding hydrogens is 412 g/mol. The van der Waals surface area contributed by atoms with Crippen LogP contribution in [0, 0.1) is 17.5 Å². The lowest BCUT2D eigenvalue weighted by atomic mass is 9.80. The van der Waals surface area contributed by atoms with Gasteiger partial charge >= 0.3 is 6.18 Å². The number of fused-ring (bicyclic) bond motifs is 1. The van der Waals surface area contributed by atoms with Crippen LogP contribution in [0.25, 0.3) is 0 Å². The van der Waals surface area contributed by atoms with Crippen molar-refractivity contribution in [3.8, 4) is 0 Å². The molecule has 2 heterocycles. The molecule has 0 bridgehead atoms. The number of alkyl halides is 3. The molecule has 2 atom stereocenters. The fourth-order valence-corrected chi connectivity index (χ4v) is 4.15. The standard InChI is InChI=1S/C19H19F6N5/c20-13-7-15(22)14(21)6-12(13)11-2-1-10(5-16(11)26)8-29-3-4-30-17(9-29)27-28-18(30)19(23,24)25/h1,6-7,11,16H,2-5,8-9,26H2/t11-,16+/m0/s1. The van der Waals surface area contributed by atoms with E-state index < -0.39 is 41.4 Å². The van der Waals surface area contributed by atoms with Crippen LogP contribution >= 0.6 is 0 Å². The van der Waals surface area contributed by atoms with Crippen molar-refractivity contribution >= 4 is 0 Å². The molecule has 0 saturated heterocycles. The second kappa shape index (κ2) is 7.69. The number of hydrogen-bond donors (Lipinski definition) is 1. The summed E-state index contributed by atoms with van der Waals surface area (Å²) in [6.07, 6.45) is -1.88. The molecule has 11 heteroatoms. The van der Waals surface area contributed by atoms with Crippen molar-refractivity contribution in [1.82, 2.24) is 19.7 Å². The van der Waals surface area contributed by atoms with Crippen LogP contribution in [0.15, 0.2) is 23.8 Å². The topological polar surface area (TPSA) is 60.0 Å². The van der Waals surface area contributed by atoms with Gasteiger partial charge in [0.05, 0.1) is 6.54 Å². The number of rotatable bonds is 3. The van der Waals surface area contributed by atoms with Gasteiger partial charge in [-0.15, -0.1) is 10.2 Å². The normalized spacial score (nSPS) is 22.7. The molecule has 2 aromatic rings. The van der Waals surface area contributed by atoms with Crippen molar-refractivity contribution in [3.63, 3.8) is 0 Å². The molecular formula is C19H19F6N5. The van der Waals surface area contributed by atoms with E-state index in [1.165, 1.54) is 0 Å². The predicted molar refractivity (Wildman–Crippen MR) is 94.7 cm³/mol. The maximum absolute atomic E-state index is 14.1. The van der Waals surface area contributed by atoms with E-state index in [-0.39, 0.29) is 24.5 Å². The lowest BCUT2D eigenvalue weighted by molar-refractivity contribution is -0.148. The Hall–Kier alpha value is -2.40. The fraction of sp³-hybridized carbons (Fsp3) is 0.474. The smallest absolute Gasteiger partial charge is 0.327 e. The lowest BCUT2D eigenvalue weighted by Crippen LogP contribution is -2.39. The van der Waals surface area contributed by atoms with Gasteiger partial charge in [0.1, 0.15) is 11.6 Å². The molecule has 1 aromatic carbocycles. The number of halogens is 6. The van der Waals surface area contributed by atoms with Gasteiger partial charge < -0.3 is 10.3 Å². The van der Waals surface area contributed by atoms with Gasteiger partial charge in [-0.2, -0.15) is 13.2 Å². The molecule has 1 aromatic heterocycles. The van der Waals surface area contributed by atoms with Gasteiger partial charge in [-0.3, -0.25) is 4.90 Å². The molecule has 0 radical (unpaired) electrons. The Balaban J connectivity index is 1.44.